The molecule has 0 saturated carbocycles. The zero-order valence-electron chi connectivity index (χ0n) is 15.7. The van der Waals surface area contributed by atoms with Crippen molar-refractivity contribution in [3.05, 3.63) is 89.1 Å². The molecule has 1 heterocycles. The Morgan fingerprint density at radius 2 is 1.90 bits per heavy atom. The number of fused-ring (bicyclic) bond motifs is 1. The number of aromatic nitrogens is 1. The van der Waals surface area contributed by atoms with Gasteiger partial charge in [-0.25, -0.2) is 4.98 Å². The van der Waals surface area contributed by atoms with Gasteiger partial charge in [0.15, 0.2) is 0 Å². The lowest BCUT2D eigenvalue weighted by molar-refractivity contribution is 0.102. The topological polar surface area (TPSA) is 101 Å². The van der Waals surface area contributed by atoms with Gasteiger partial charge in [-0.1, -0.05) is 23.7 Å². The summed E-state index contributed by atoms with van der Waals surface area (Å²) in [5, 5.41) is 12.8. The van der Waals surface area contributed by atoms with Gasteiger partial charge in [0.2, 0.25) is 0 Å². The number of carbonyl (C=O) groups excluding carboxylic acids is 1. The van der Waals surface area contributed by atoms with Crippen molar-refractivity contribution in [1.82, 2.24) is 4.98 Å². The first-order chi connectivity index (χ1) is 14.5. The Morgan fingerprint density at radius 3 is 2.67 bits per heavy atom. The van der Waals surface area contributed by atoms with E-state index in [-0.39, 0.29) is 11.7 Å². The van der Waals surface area contributed by atoms with Gasteiger partial charge < -0.3 is 21.2 Å². The summed E-state index contributed by atoms with van der Waals surface area (Å²) in [4.78, 5) is 16.5. The molecule has 0 aliphatic carbocycles. The molecule has 0 atom stereocenters. The molecule has 148 valence electrons. The Labute approximate surface area is 177 Å². The van der Waals surface area contributed by atoms with Gasteiger partial charge in [-0.15, -0.1) is 0 Å². The number of benzene rings is 3. The van der Waals surface area contributed by atoms with Crippen molar-refractivity contribution in [2.24, 2.45) is 0 Å². The van der Waals surface area contributed by atoms with Gasteiger partial charge in [0.05, 0.1) is 5.56 Å². The van der Waals surface area contributed by atoms with Crippen LogP contribution >= 0.6 is 11.6 Å². The summed E-state index contributed by atoms with van der Waals surface area (Å²) >= 11 is 5.89. The summed E-state index contributed by atoms with van der Waals surface area (Å²) in [5.74, 6) is 1.04. The number of halogens is 1. The van der Waals surface area contributed by atoms with Crippen LogP contribution in [0, 0.1) is 5.41 Å². The van der Waals surface area contributed by atoms with Crippen molar-refractivity contribution >= 4 is 46.0 Å². The molecule has 30 heavy (non-hydrogen) atoms. The second-order valence-electron chi connectivity index (χ2n) is 6.50. The van der Waals surface area contributed by atoms with Gasteiger partial charge in [0.25, 0.3) is 5.91 Å². The van der Waals surface area contributed by atoms with Crippen LogP contribution in [0.4, 0.5) is 11.5 Å². The fraction of sp³-hybridized carbons (Fsp3) is 0. The number of hydrogen-bond acceptors (Lipinski definition) is 5. The molecule has 6 nitrogen and oxygen atoms in total. The third-order valence-electron chi connectivity index (χ3n) is 4.56. The van der Waals surface area contributed by atoms with E-state index in [9.17, 15) is 4.79 Å². The molecule has 0 saturated heterocycles. The van der Waals surface area contributed by atoms with Gasteiger partial charge in [-0.2, -0.15) is 0 Å². The molecule has 3 aromatic carbocycles. The molecule has 0 fully saturated rings. The average Bonchev–Trinajstić information content (AvgIpc) is 2.74. The van der Waals surface area contributed by atoms with Crippen molar-refractivity contribution in [1.29, 1.82) is 5.41 Å². The molecule has 0 aliphatic rings. The molecular formula is C23H17ClN4O2. The Kier molecular flexibility index (Phi) is 5.32. The number of nitrogens with zero attached hydrogens (tertiary/aromatic N) is 1. The van der Waals surface area contributed by atoms with Gasteiger partial charge in [0.1, 0.15) is 17.3 Å². The molecule has 4 N–H and O–H groups in total. The minimum Gasteiger partial charge on any atom is -0.456 e. The smallest absolute Gasteiger partial charge is 0.255 e. The number of pyridine rings is 1. The molecule has 1 amide bonds. The van der Waals surface area contributed by atoms with Gasteiger partial charge in [-0.05, 0) is 60.0 Å². The van der Waals surface area contributed by atoms with Crippen LogP contribution in [0.25, 0.3) is 10.8 Å². The van der Waals surface area contributed by atoms with Gasteiger partial charge >= 0.3 is 0 Å². The SMILES string of the molecule is N=Cc1c(Oc2ccc3c(NC(=O)c4ccc(Cl)cc4)cccc3c2)ccnc1N. The van der Waals surface area contributed by atoms with Crippen molar-refractivity contribution < 1.29 is 9.53 Å². The second-order valence-corrected chi connectivity index (χ2v) is 6.94. The van der Waals surface area contributed by atoms with E-state index in [1.807, 2.05) is 30.3 Å². The van der Waals surface area contributed by atoms with E-state index in [1.165, 1.54) is 6.20 Å². The van der Waals surface area contributed by atoms with Crippen LogP contribution in [-0.4, -0.2) is 17.1 Å². The van der Waals surface area contributed by atoms with Crippen molar-refractivity contribution in [3.8, 4) is 11.5 Å². The Bertz CT molecular complexity index is 1260. The molecule has 0 spiro atoms. The average molecular weight is 417 g/mol. The number of rotatable bonds is 5. The standard InChI is InChI=1S/C23H17ClN4O2/c24-16-6-4-14(5-7-16)23(29)28-20-3-1-2-15-12-17(8-9-18(15)20)30-21-10-11-27-22(26)19(21)13-25/h1-13,25H,(H2,26,27)(H,28,29). The normalized spacial score (nSPS) is 10.6. The number of nitrogens with two attached hydrogens (primary N) is 1. The lowest BCUT2D eigenvalue weighted by Gasteiger charge is -2.12. The molecular weight excluding hydrogens is 400 g/mol. The first-order valence-corrected chi connectivity index (χ1v) is 9.45. The Balaban J connectivity index is 1.62. The lowest BCUT2D eigenvalue weighted by atomic mass is 10.1. The van der Waals surface area contributed by atoms with Crippen molar-refractivity contribution in [2.45, 2.75) is 0 Å². The number of amides is 1. The molecule has 0 aliphatic heterocycles. The molecule has 4 rings (SSSR count). The molecule has 0 unspecified atom stereocenters. The van der Waals surface area contributed by atoms with E-state index in [2.05, 4.69) is 10.3 Å². The Morgan fingerprint density at radius 1 is 1.10 bits per heavy atom. The highest BCUT2D eigenvalue weighted by atomic mass is 35.5. The van der Waals surface area contributed by atoms with Crippen LogP contribution in [0.3, 0.4) is 0 Å². The number of carbonyl (C=O) groups is 1. The zero-order chi connectivity index (χ0) is 21.1. The maximum Gasteiger partial charge on any atom is 0.255 e. The summed E-state index contributed by atoms with van der Waals surface area (Å²) in [5.41, 5.74) is 7.43. The van der Waals surface area contributed by atoms with E-state index in [1.54, 1.807) is 36.4 Å². The summed E-state index contributed by atoms with van der Waals surface area (Å²) < 4.78 is 5.92. The van der Waals surface area contributed by atoms with Gasteiger partial charge in [-0.3, -0.25) is 4.79 Å². The third-order valence-corrected chi connectivity index (χ3v) is 4.81. The fourth-order valence-corrected chi connectivity index (χ4v) is 3.19. The van der Waals surface area contributed by atoms with Crippen molar-refractivity contribution in [3.63, 3.8) is 0 Å². The third kappa shape index (κ3) is 3.94. The lowest BCUT2D eigenvalue weighted by Crippen LogP contribution is -2.11. The summed E-state index contributed by atoms with van der Waals surface area (Å²) in [6, 6.07) is 19.5. The summed E-state index contributed by atoms with van der Waals surface area (Å²) in [6.07, 6.45) is 2.65. The summed E-state index contributed by atoms with van der Waals surface area (Å²) in [6.45, 7) is 0. The molecule has 4 aromatic rings. The first-order valence-electron chi connectivity index (χ1n) is 9.07. The van der Waals surface area contributed by atoms with E-state index in [0.29, 0.717) is 33.3 Å². The monoisotopic (exact) mass is 416 g/mol. The number of anilines is 2. The quantitative estimate of drug-likeness (QED) is 0.373. The highest BCUT2D eigenvalue weighted by Gasteiger charge is 2.11. The molecule has 0 radical (unpaired) electrons. The molecule has 7 heteroatoms. The summed E-state index contributed by atoms with van der Waals surface area (Å²) in [7, 11) is 0. The number of nitrogen functional groups attached to an aromatic ring is 1. The number of nitrogens with one attached hydrogen (secondary N) is 2. The van der Waals surface area contributed by atoms with Crippen LogP contribution in [0.15, 0.2) is 72.9 Å². The van der Waals surface area contributed by atoms with Crippen molar-refractivity contribution in [2.75, 3.05) is 11.1 Å². The number of ether oxygens (including phenoxy) is 1. The van der Waals surface area contributed by atoms with Crippen LogP contribution in [0.5, 0.6) is 11.5 Å². The first kappa shape index (κ1) is 19.4. The predicted molar refractivity (Wildman–Crippen MR) is 120 cm³/mol. The van der Waals surface area contributed by atoms with E-state index < -0.39 is 0 Å². The van der Waals surface area contributed by atoms with E-state index in [0.717, 1.165) is 17.0 Å². The minimum atomic E-state index is -0.220. The molecule has 0 bridgehead atoms. The fourth-order valence-electron chi connectivity index (χ4n) is 3.06. The van der Waals surface area contributed by atoms with Crippen LogP contribution in [0.2, 0.25) is 5.02 Å². The largest absolute Gasteiger partial charge is 0.456 e. The zero-order valence-corrected chi connectivity index (χ0v) is 16.5. The maximum absolute atomic E-state index is 12.6. The Hall–Kier alpha value is -3.90. The van der Waals surface area contributed by atoms with Gasteiger partial charge in [0, 0.05) is 34.1 Å². The highest BCUT2D eigenvalue weighted by Crippen LogP contribution is 2.31. The van der Waals surface area contributed by atoms with E-state index in [4.69, 9.17) is 27.5 Å². The number of hydrogen-bond donors (Lipinski definition) is 3. The van der Waals surface area contributed by atoms with E-state index >= 15 is 0 Å². The van der Waals surface area contributed by atoms with Crippen LogP contribution < -0.4 is 15.8 Å². The maximum atomic E-state index is 12.6. The second kappa shape index (κ2) is 8.23. The van der Waals surface area contributed by atoms with Crippen LogP contribution in [-0.2, 0) is 0 Å². The predicted octanol–water partition coefficient (Wildman–Crippen LogP) is 5.51. The van der Waals surface area contributed by atoms with Crippen LogP contribution in [0.1, 0.15) is 15.9 Å². The highest BCUT2D eigenvalue weighted by molar-refractivity contribution is 6.30. The molecule has 1 aromatic heterocycles. The minimum absolute atomic E-state index is 0.220.